The maximum absolute atomic E-state index is 13.1. The highest BCUT2D eigenvalue weighted by molar-refractivity contribution is 5.71. The number of cyclic esters (lactones) is 1. The number of carbonyl (C=O) groups excluding carboxylic acids is 1. The standard InChI is InChI=1S/C29H32F6O4/c1-5-26(6-2,22-9-11-24(19(4)16-22)38-17-23-10-12-25(36)39-23)21-8-7-20(18(3)15-21)13-14-27(37,28(30,31)32)29(33,34)35/h7-9,11,13-16,23,37H,5-6,10,12,17H2,1-4H3/b14-13+/t23-/m0/s1. The summed E-state index contributed by atoms with van der Waals surface area (Å²) in [5.74, 6) is 0.417. The molecule has 1 aliphatic rings. The zero-order valence-electron chi connectivity index (χ0n) is 22.2. The van der Waals surface area contributed by atoms with Gasteiger partial charge in [0, 0.05) is 11.8 Å². The molecule has 0 radical (unpaired) electrons. The van der Waals surface area contributed by atoms with E-state index < -0.39 is 23.4 Å². The van der Waals surface area contributed by atoms with Gasteiger partial charge in [0.05, 0.1) is 0 Å². The Hall–Kier alpha value is -3.01. The smallest absolute Gasteiger partial charge is 0.430 e. The van der Waals surface area contributed by atoms with Crippen LogP contribution < -0.4 is 4.74 Å². The van der Waals surface area contributed by atoms with E-state index in [1.165, 1.54) is 6.07 Å². The SMILES string of the molecule is CCC(CC)(c1ccc(/C=C/C(O)(C(F)(F)F)C(F)(F)F)c(C)c1)c1ccc(OC[C@@H]2CCC(=O)O2)c(C)c1. The van der Waals surface area contributed by atoms with Crippen LogP contribution in [0, 0.1) is 13.8 Å². The number of halogens is 6. The Morgan fingerprint density at radius 3 is 1.97 bits per heavy atom. The first kappa shape index (κ1) is 30.5. The fourth-order valence-corrected chi connectivity index (χ4v) is 4.95. The minimum atomic E-state index is -5.93. The lowest BCUT2D eigenvalue weighted by Crippen LogP contribution is -2.55. The Bertz CT molecular complexity index is 1200. The lowest BCUT2D eigenvalue weighted by Gasteiger charge is -2.34. The number of alkyl halides is 6. The monoisotopic (exact) mass is 558 g/mol. The van der Waals surface area contributed by atoms with Crippen LogP contribution in [-0.2, 0) is 14.9 Å². The minimum Gasteiger partial charge on any atom is -0.489 e. The summed E-state index contributed by atoms with van der Waals surface area (Å²) in [6.45, 7) is 7.76. The second kappa shape index (κ2) is 11.2. The van der Waals surface area contributed by atoms with Crippen molar-refractivity contribution in [3.63, 3.8) is 0 Å². The summed E-state index contributed by atoms with van der Waals surface area (Å²) < 4.78 is 89.4. The lowest BCUT2D eigenvalue weighted by molar-refractivity contribution is -0.347. The second-order valence-corrected chi connectivity index (χ2v) is 9.90. The van der Waals surface area contributed by atoms with Crippen LogP contribution in [0.15, 0.2) is 42.5 Å². The fourth-order valence-electron chi connectivity index (χ4n) is 4.95. The normalized spacial score (nSPS) is 17.1. The number of benzene rings is 2. The van der Waals surface area contributed by atoms with E-state index in [9.17, 15) is 36.2 Å². The Balaban J connectivity index is 1.90. The molecule has 1 aliphatic heterocycles. The lowest BCUT2D eigenvalue weighted by atomic mass is 9.70. The van der Waals surface area contributed by atoms with Crippen molar-refractivity contribution in [2.75, 3.05) is 6.61 Å². The van der Waals surface area contributed by atoms with E-state index in [0.29, 0.717) is 43.1 Å². The summed E-state index contributed by atoms with van der Waals surface area (Å²) in [5, 5.41) is 9.44. The molecular formula is C29H32F6O4. The molecule has 1 fully saturated rings. The number of esters is 1. The van der Waals surface area contributed by atoms with Crippen LogP contribution in [0.4, 0.5) is 26.3 Å². The fraction of sp³-hybridized carbons (Fsp3) is 0.483. The number of rotatable bonds is 9. The molecule has 2 aromatic rings. The summed E-state index contributed by atoms with van der Waals surface area (Å²) in [7, 11) is 0. The molecule has 0 spiro atoms. The number of aliphatic hydroxyl groups is 1. The molecule has 0 saturated carbocycles. The van der Waals surface area contributed by atoms with Crippen molar-refractivity contribution in [3.05, 3.63) is 70.3 Å². The zero-order chi connectivity index (χ0) is 29.2. The van der Waals surface area contributed by atoms with Crippen molar-refractivity contribution in [2.24, 2.45) is 0 Å². The summed E-state index contributed by atoms with van der Waals surface area (Å²) >= 11 is 0. The molecule has 1 heterocycles. The van der Waals surface area contributed by atoms with Crippen molar-refractivity contribution >= 4 is 12.0 Å². The Morgan fingerprint density at radius 2 is 1.51 bits per heavy atom. The average Bonchev–Trinajstić information content (AvgIpc) is 3.27. The highest BCUT2D eigenvalue weighted by atomic mass is 19.4. The first-order valence-corrected chi connectivity index (χ1v) is 12.7. The van der Waals surface area contributed by atoms with E-state index in [4.69, 9.17) is 9.47 Å². The third-order valence-electron chi connectivity index (χ3n) is 7.52. The summed E-state index contributed by atoms with van der Waals surface area (Å²) in [5.41, 5.74) is -2.13. The number of carbonyl (C=O) groups is 1. The molecular weight excluding hydrogens is 526 g/mol. The van der Waals surface area contributed by atoms with Crippen LogP contribution in [-0.4, -0.2) is 41.7 Å². The van der Waals surface area contributed by atoms with Crippen LogP contribution in [0.3, 0.4) is 0 Å². The molecule has 0 amide bonds. The third kappa shape index (κ3) is 6.10. The van der Waals surface area contributed by atoms with Gasteiger partial charge in [-0.3, -0.25) is 4.79 Å². The van der Waals surface area contributed by atoms with Gasteiger partial charge in [0.25, 0.3) is 5.60 Å². The van der Waals surface area contributed by atoms with Gasteiger partial charge >= 0.3 is 18.3 Å². The molecule has 2 aromatic carbocycles. The van der Waals surface area contributed by atoms with Gasteiger partial charge in [-0.05, 0) is 73.1 Å². The predicted molar refractivity (Wildman–Crippen MR) is 134 cm³/mol. The Morgan fingerprint density at radius 1 is 0.949 bits per heavy atom. The molecule has 39 heavy (non-hydrogen) atoms. The molecule has 0 unspecified atom stereocenters. The summed E-state index contributed by atoms with van der Waals surface area (Å²) in [6.07, 6.45) is -9.39. The number of aryl methyl sites for hydroxylation is 2. The molecule has 0 bridgehead atoms. The largest absolute Gasteiger partial charge is 0.489 e. The first-order valence-electron chi connectivity index (χ1n) is 12.7. The topological polar surface area (TPSA) is 55.8 Å². The van der Waals surface area contributed by atoms with Crippen molar-refractivity contribution < 1.29 is 45.7 Å². The highest BCUT2D eigenvalue weighted by Crippen LogP contribution is 2.45. The van der Waals surface area contributed by atoms with Crippen molar-refractivity contribution in [1.29, 1.82) is 0 Å². The van der Waals surface area contributed by atoms with Gasteiger partial charge in [-0.15, -0.1) is 0 Å². The van der Waals surface area contributed by atoms with E-state index in [0.717, 1.165) is 16.7 Å². The molecule has 1 saturated heterocycles. The van der Waals surface area contributed by atoms with Crippen LogP contribution >= 0.6 is 0 Å². The molecule has 1 atom stereocenters. The van der Waals surface area contributed by atoms with Gasteiger partial charge in [0.2, 0.25) is 0 Å². The van der Waals surface area contributed by atoms with E-state index in [1.807, 2.05) is 39.0 Å². The molecule has 10 heteroatoms. The highest BCUT2D eigenvalue weighted by Gasteiger charge is 2.68. The second-order valence-electron chi connectivity index (χ2n) is 9.90. The minimum absolute atomic E-state index is 0.124. The van der Waals surface area contributed by atoms with E-state index in [2.05, 4.69) is 0 Å². The molecule has 0 aromatic heterocycles. The number of hydrogen-bond donors (Lipinski definition) is 1. The Kier molecular flexibility index (Phi) is 8.79. The summed E-state index contributed by atoms with van der Waals surface area (Å²) in [6, 6.07) is 10.7. The van der Waals surface area contributed by atoms with Gasteiger partial charge in [0.1, 0.15) is 18.5 Å². The van der Waals surface area contributed by atoms with Gasteiger partial charge in [-0.25, -0.2) is 0 Å². The first-order chi connectivity index (χ1) is 18.1. The van der Waals surface area contributed by atoms with Crippen LogP contribution in [0.25, 0.3) is 6.08 Å². The van der Waals surface area contributed by atoms with E-state index in [1.54, 1.807) is 19.1 Å². The molecule has 1 N–H and O–H groups in total. The molecule has 0 aliphatic carbocycles. The van der Waals surface area contributed by atoms with Crippen LogP contribution in [0.5, 0.6) is 5.75 Å². The Labute approximate surface area is 223 Å². The molecule has 214 valence electrons. The van der Waals surface area contributed by atoms with E-state index >= 15 is 0 Å². The summed E-state index contributed by atoms with van der Waals surface area (Å²) in [4.78, 5) is 11.3. The van der Waals surface area contributed by atoms with E-state index in [-0.39, 0.29) is 30.3 Å². The van der Waals surface area contributed by atoms with Crippen molar-refractivity contribution in [2.45, 2.75) is 82.9 Å². The third-order valence-corrected chi connectivity index (χ3v) is 7.52. The van der Waals surface area contributed by atoms with Gasteiger partial charge in [-0.2, -0.15) is 26.3 Å². The number of hydrogen-bond acceptors (Lipinski definition) is 4. The quantitative estimate of drug-likeness (QED) is 0.258. The molecule has 3 rings (SSSR count). The maximum atomic E-state index is 13.1. The van der Waals surface area contributed by atoms with Crippen molar-refractivity contribution in [1.82, 2.24) is 0 Å². The average molecular weight is 559 g/mol. The van der Waals surface area contributed by atoms with Gasteiger partial charge in [0.15, 0.2) is 0 Å². The van der Waals surface area contributed by atoms with Gasteiger partial charge in [-0.1, -0.05) is 50.3 Å². The van der Waals surface area contributed by atoms with Crippen molar-refractivity contribution in [3.8, 4) is 5.75 Å². The number of ether oxygens (including phenoxy) is 2. The maximum Gasteiger partial charge on any atom is 0.430 e. The van der Waals surface area contributed by atoms with Crippen LogP contribution in [0.2, 0.25) is 0 Å². The molecule has 4 nitrogen and oxygen atoms in total. The zero-order valence-corrected chi connectivity index (χ0v) is 22.2. The predicted octanol–water partition coefficient (Wildman–Crippen LogP) is 7.36. The van der Waals surface area contributed by atoms with Crippen LogP contribution in [0.1, 0.15) is 67.3 Å². The van der Waals surface area contributed by atoms with Gasteiger partial charge < -0.3 is 14.6 Å².